The molecule has 1 amide bonds. The first kappa shape index (κ1) is 20.5. The molecule has 0 bridgehead atoms. The number of rotatable bonds is 7. The van der Waals surface area contributed by atoms with Gasteiger partial charge in [0.2, 0.25) is 11.1 Å². The second-order valence-electron chi connectivity index (χ2n) is 6.67. The maximum absolute atomic E-state index is 12.6. The van der Waals surface area contributed by atoms with Crippen LogP contribution in [0, 0.1) is 0 Å². The van der Waals surface area contributed by atoms with E-state index in [2.05, 4.69) is 25.5 Å². The van der Waals surface area contributed by atoms with Crippen LogP contribution in [0.15, 0.2) is 29.7 Å². The number of aryl methyl sites for hydroxylation is 1. The number of aromatic nitrogens is 4. The standard InChI is InChI=1S/C20H21N5O3S2/c1-2-28-19(27)16-13-5-3-4-6-14(13)30-18(16)22-15(26)11-29-20-23-17(24-25-20)12-7-9-21-10-8-12/h7-10H,2-6,11H2,1H3,(H,22,26)(H,23,24,25). The number of thioether (sulfide) groups is 1. The first-order valence-electron chi connectivity index (χ1n) is 9.72. The van der Waals surface area contributed by atoms with Gasteiger partial charge in [-0.3, -0.25) is 14.9 Å². The largest absolute Gasteiger partial charge is 0.462 e. The summed E-state index contributed by atoms with van der Waals surface area (Å²) in [6.45, 7) is 2.08. The molecule has 156 valence electrons. The highest BCUT2D eigenvalue weighted by Gasteiger charge is 2.27. The third-order valence-electron chi connectivity index (χ3n) is 4.65. The monoisotopic (exact) mass is 443 g/mol. The summed E-state index contributed by atoms with van der Waals surface area (Å²) < 4.78 is 5.23. The third kappa shape index (κ3) is 4.54. The van der Waals surface area contributed by atoms with Gasteiger partial charge in [-0.15, -0.1) is 16.4 Å². The zero-order valence-electron chi connectivity index (χ0n) is 16.4. The summed E-state index contributed by atoms with van der Waals surface area (Å²) in [5.74, 6) is 0.185. The number of ether oxygens (including phenoxy) is 1. The summed E-state index contributed by atoms with van der Waals surface area (Å²) in [7, 11) is 0. The Bertz CT molecular complexity index is 1050. The van der Waals surface area contributed by atoms with Crippen molar-refractivity contribution in [3.05, 3.63) is 40.5 Å². The molecule has 1 aliphatic carbocycles. The lowest BCUT2D eigenvalue weighted by Crippen LogP contribution is -2.17. The first-order chi connectivity index (χ1) is 14.7. The Hall–Kier alpha value is -2.72. The number of amides is 1. The molecule has 8 nitrogen and oxygen atoms in total. The van der Waals surface area contributed by atoms with Crippen molar-refractivity contribution in [3.8, 4) is 11.4 Å². The van der Waals surface area contributed by atoms with Gasteiger partial charge >= 0.3 is 5.97 Å². The van der Waals surface area contributed by atoms with Gasteiger partial charge in [0.25, 0.3) is 0 Å². The molecule has 4 rings (SSSR count). The summed E-state index contributed by atoms with van der Waals surface area (Å²) in [6.07, 6.45) is 7.29. The van der Waals surface area contributed by atoms with E-state index in [4.69, 9.17) is 4.74 Å². The van der Waals surface area contributed by atoms with Crippen molar-refractivity contribution < 1.29 is 14.3 Å². The fourth-order valence-corrected chi connectivity index (χ4v) is 5.21. The molecule has 2 N–H and O–H groups in total. The van der Waals surface area contributed by atoms with Gasteiger partial charge in [0.05, 0.1) is 17.9 Å². The Labute approximate surface area is 181 Å². The smallest absolute Gasteiger partial charge is 0.341 e. The molecule has 30 heavy (non-hydrogen) atoms. The average molecular weight is 444 g/mol. The van der Waals surface area contributed by atoms with E-state index in [0.29, 0.717) is 28.2 Å². The number of nitrogens with one attached hydrogen (secondary N) is 2. The zero-order valence-corrected chi connectivity index (χ0v) is 18.1. The van der Waals surface area contributed by atoms with E-state index in [9.17, 15) is 9.59 Å². The van der Waals surface area contributed by atoms with E-state index >= 15 is 0 Å². The third-order valence-corrected chi connectivity index (χ3v) is 6.71. The van der Waals surface area contributed by atoms with Crippen LogP contribution in [-0.2, 0) is 22.4 Å². The molecular weight excluding hydrogens is 422 g/mol. The van der Waals surface area contributed by atoms with Crippen molar-refractivity contribution in [1.29, 1.82) is 0 Å². The minimum Gasteiger partial charge on any atom is -0.462 e. The quantitative estimate of drug-likeness (QED) is 0.423. The fourth-order valence-electron chi connectivity index (χ4n) is 3.32. The SMILES string of the molecule is CCOC(=O)c1c(NC(=O)CSc2n[nH]c(-c3ccncc3)n2)sc2c1CCCC2. The summed E-state index contributed by atoms with van der Waals surface area (Å²) in [4.78, 5) is 34.6. The maximum Gasteiger partial charge on any atom is 0.341 e. The van der Waals surface area contributed by atoms with E-state index in [-0.39, 0.29) is 17.6 Å². The summed E-state index contributed by atoms with van der Waals surface area (Å²) >= 11 is 2.71. The minimum atomic E-state index is -0.365. The molecule has 0 radical (unpaired) electrons. The maximum atomic E-state index is 12.6. The molecule has 0 fully saturated rings. The van der Waals surface area contributed by atoms with Gasteiger partial charge in [-0.1, -0.05) is 11.8 Å². The van der Waals surface area contributed by atoms with Gasteiger partial charge < -0.3 is 10.1 Å². The average Bonchev–Trinajstić information content (AvgIpc) is 3.37. The lowest BCUT2D eigenvalue weighted by Gasteiger charge is -2.12. The molecule has 0 atom stereocenters. The Morgan fingerprint density at radius 1 is 1.27 bits per heavy atom. The van der Waals surface area contributed by atoms with Gasteiger partial charge in [-0.05, 0) is 50.3 Å². The second-order valence-corrected chi connectivity index (χ2v) is 8.72. The summed E-state index contributed by atoms with van der Waals surface area (Å²) in [5.41, 5.74) is 2.42. The molecular formula is C20H21N5O3S2. The minimum absolute atomic E-state index is 0.137. The van der Waals surface area contributed by atoms with E-state index < -0.39 is 0 Å². The molecule has 3 heterocycles. The highest BCUT2D eigenvalue weighted by atomic mass is 32.2. The summed E-state index contributed by atoms with van der Waals surface area (Å²) in [6, 6.07) is 3.66. The van der Waals surface area contributed by atoms with Gasteiger partial charge in [0, 0.05) is 22.8 Å². The van der Waals surface area contributed by atoms with E-state index in [1.54, 1.807) is 19.3 Å². The van der Waals surface area contributed by atoms with E-state index in [1.807, 2.05) is 12.1 Å². The van der Waals surface area contributed by atoms with Gasteiger partial charge in [0.15, 0.2) is 5.82 Å². The number of thiophene rings is 1. The predicted molar refractivity (Wildman–Crippen MR) is 116 cm³/mol. The van der Waals surface area contributed by atoms with Crippen molar-refractivity contribution in [1.82, 2.24) is 20.2 Å². The van der Waals surface area contributed by atoms with Crippen LogP contribution < -0.4 is 5.32 Å². The van der Waals surface area contributed by atoms with E-state index in [1.165, 1.54) is 28.0 Å². The zero-order chi connectivity index (χ0) is 20.9. The number of esters is 1. The molecule has 0 spiro atoms. The number of pyridine rings is 1. The number of H-pyrrole nitrogens is 1. The van der Waals surface area contributed by atoms with Crippen molar-refractivity contribution in [2.24, 2.45) is 0 Å². The second kappa shape index (κ2) is 9.40. The molecule has 3 aromatic rings. The van der Waals surface area contributed by atoms with Crippen LogP contribution in [0.5, 0.6) is 0 Å². The Morgan fingerprint density at radius 2 is 2.07 bits per heavy atom. The predicted octanol–water partition coefficient (Wildman–Crippen LogP) is 3.71. The number of carbonyl (C=O) groups is 2. The van der Waals surface area contributed by atoms with Gasteiger partial charge in [-0.25, -0.2) is 9.78 Å². The lowest BCUT2D eigenvalue weighted by molar-refractivity contribution is -0.113. The number of aromatic amines is 1. The molecule has 0 unspecified atom stereocenters. The highest BCUT2D eigenvalue weighted by molar-refractivity contribution is 7.99. The van der Waals surface area contributed by atoms with Crippen LogP contribution in [0.25, 0.3) is 11.4 Å². The van der Waals surface area contributed by atoms with Crippen LogP contribution in [0.2, 0.25) is 0 Å². The summed E-state index contributed by atoms with van der Waals surface area (Å²) in [5, 5.41) is 11.0. The van der Waals surface area contributed by atoms with Crippen molar-refractivity contribution in [2.75, 3.05) is 17.7 Å². The normalized spacial score (nSPS) is 13.0. The lowest BCUT2D eigenvalue weighted by atomic mass is 9.95. The Balaban J connectivity index is 1.43. The molecule has 0 saturated heterocycles. The van der Waals surface area contributed by atoms with Crippen LogP contribution in [-0.4, -0.2) is 44.4 Å². The highest BCUT2D eigenvalue weighted by Crippen LogP contribution is 2.38. The van der Waals surface area contributed by atoms with Gasteiger partial charge in [-0.2, -0.15) is 0 Å². The fraction of sp³-hybridized carbons (Fsp3) is 0.350. The number of fused-ring (bicyclic) bond motifs is 1. The Kier molecular flexibility index (Phi) is 6.44. The molecule has 1 aliphatic rings. The first-order valence-corrected chi connectivity index (χ1v) is 11.5. The topological polar surface area (TPSA) is 110 Å². The Morgan fingerprint density at radius 3 is 2.87 bits per heavy atom. The molecule has 0 aromatic carbocycles. The molecule has 0 aliphatic heterocycles. The molecule has 0 saturated carbocycles. The van der Waals surface area contributed by atoms with Gasteiger partial charge in [0.1, 0.15) is 5.00 Å². The van der Waals surface area contributed by atoms with Crippen LogP contribution in [0.3, 0.4) is 0 Å². The number of hydrogen-bond donors (Lipinski definition) is 2. The van der Waals surface area contributed by atoms with Crippen molar-refractivity contribution >= 4 is 40.0 Å². The number of carbonyl (C=O) groups excluding carboxylic acids is 2. The molecule has 3 aromatic heterocycles. The number of nitrogens with zero attached hydrogens (tertiary/aromatic N) is 3. The van der Waals surface area contributed by atoms with Crippen molar-refractivity contribution in [2.45, 2.75) is 37.8 Å². The molecule has 10 heteroatoms. The number of anilines is 1. The van der Waals surface area contributed by atoms with E-state index in [0.717, 1.165) is 36.8 Å². The van der Waals surface area contributed by atoms with Crippen molar-refractivity contribution in [3.63, 3.8) is 0 Å². The van der Waals surface area contributed by atoms with Crippen LogP contribution in [0.4, 0.5) is 5.00 Å². The number of hydrogen-bond acceptors (Lipinski definition) is 8. The van der Waals surface area contributed by atoms with Crippen LogP contribution >= 0.6 is 23.1 Å². The van der Waals surface area contributed by atoms with Crippen LogP contribution in [0.1, 0.15) is 40.6 Å².